The molecule has 2 rings (SSSR count). The number of aromatic nitrogens is 2. The van der Waals surface area contributed by atoms with E-state index in [1.807, 2.05) is 18.2 Å². The highest BCUT2D eigenvalue weighted by Gasteiger charge is 2.23. The summed E-state index contributed by atoms with van der Waals surface area (Å²) < 4.78 is 32.4. The SMILES string of the molecule is CC(C)C(=O)Nc1nnc(S(=O)(=O)N[C@H](C)COc2ccccc2)s1. The normalized spacial score (nSPS) is 12.8. The smallest absolute Gasteiger partial charge is 0.270 e. The van der Waals surface area contributed by atoms with Crippen LogP contribution in [-0.2, 0) is 14.8 Å². The Morgan fingerprint density at radius 3 is 2.52 bits per heavy atom. The van der Waals surface area contributed by atoms with Crippen molar-refractivity contribution in [2.24, 2.45) is 5.92 Å². The molecule has 2 N–H and O–H groups in total. The van der Waals surface area contributed by atoms with Crippen molar-refractivity contribution in [1.82, 2.24) is 14.9 Å². The molecule has 1 atom stereocenters. The van der Waals surface area contributed by atoms with E-state index in [0.717, 1.165) is 11.3 Å². The van der Waals surface area contributed by atoms with E-state index in [9.17, 15) is 13.2 Å². The number of rotatable bonds is 8. The molecule has 0 fully saturated rings. The molecule has 1 amide bonds. The minimum atomic E-state index is -3.84. The number of para-hydroxylation sites is 1. The number of sulfonamides is 1. The minimum absolute atomic E-state index is 0.146. The van der Waals surface area contributed by atoms with Crippen molar-refractivity contribution < 1.29 is 17.9 Å². The lowest BCUT2D eigenvalue weighted by atomic mass is 10.2. The average molecular weight is 384 g/mol. The van der Waals surface area contributed by atoms with Gasteiger partial charge >= 0.3 is 0 Å². The lowest BCUT2D eigenvalue weighted by Crippen LogP contribution is -2.36. The van der Waals surface area contributed by atoms with Gasteiger partial charge in [0, 0.05) is 5.92 Å². The number of hydrogen-bond acceptors (Lipinski definition) is 7. The van der Waals surface area contributed by atoms with Crippen molar-refractivity contribution in [3.05, 3.63) is 30.3 Å². The summed E-state index contributed by atoms with van der Waals surface area (Å²) in [5, 5.41) is 9.99. The maximum atomic E-state index is 12.3. The monoisotopic (exact) mass is 384 g/mol. The number of nitrogens with one attached hydrogen (secondary N) is 2. The van der Waals surface area contributed by atoms with E-state index >= 15 is 0 Å². The van der Waals surface area contributed by atoms with Crippen molar-refractivity contribution in [1.29, 1.82) is 0 Å². The van der Waals surface area contributed by atoms with Crippen LogP contribution in [0.5, 0.6) is 5.75 Å². The zero-order valence-electron chi connectivity index (χ0n) is 14.1. The van der Waals surface area contributed by atoms with E-state index in [0.29, 0.717) is 5.75 Å². The summed E-state index contributed by atoms with van der Waals surface area (Å²) in [5.41, 5.74) is 0. The van der Waals surface area contributed by atoms with Crippen LogP contribution in [0.4, 0.5) is 5.13 Å². The molecule has 136 valence electrons. The number of carbonyl (C=O) groups is 1. The van der Waals surface area contributed by atoms with Crippen molar-refractivity contribution in [2.45, 2.75) is 31.2 Å². The quantitative estimate of drug-likeness (QED) is 0.673. The average Bonchev–Trinajstić information content (AvgIpc) is 3.03. The third kappa shape index (κ3) is 5.76. The van der Waals surface area contributed by atoms with Crippen molar-refractivity contribution >= 4 is 32.4 Å². The summed E-state index contributed by atoms with van der Waals surface area (Å²) >= 11 is 0.797. The number of nitrogens with zero attached hydrogens (tertiary/aromatic N) is 2. The topological polar surface area (TPSA) is 110 Å². The second-order valence-electron chi connectivity index (χ2n) is 5.66. The molecule has 0 unspecified atom stereocenters. The van der Waals surface area contributed by atoms with Crippen LogP contribution in [-0.4, -0.2) is 37.2 Å². The van der Waals surface area contributed by atoms with E-state index in [1.54, 1.807) is 32.9 Å². The van der Waals surface area contributed by atoms with Crippen LogP contribution in [0.1, 0.15) is 20.8 Å². The van der Waals surface area contributed by atoms with Crippen LogP contribution in [0.2, 0.25) is 0 Å². The maximum Gasteiger partial charge on any atom is 0.270 e. The molecule has 1 aromatic carbocycles. The molecule has 0 saturated heterocycles. The van der Waals surface area contributed by atoms with Gasteiger partial charge in [-0.1, -0.05) is 43.4 Å². The third-order valence-corrected chi connectivity index (χ3v) is 5.79. The fraction of sp³-hybridized carbons (Fsp3) is 0.400. The number of anilines is 1. The van der Waals surface area contributed by atoms with Gasteiger partial charge in [0.25, 0.3) is 10.0 Å². The second-order valence-corrected chi connectivity index (χ2v) is 8.53. The van der Waals surface area contributed by atoms with Gasteiger partial charge in [0.2, 0.25) is 15.4 Å². The Balaban J connectivity index is 1.94. The Morgan fingerprint density at radius 1 is 1.20 bits per heavy atom. The van der Waals surface area contributed by atoms with E-state index < -0.39 is 16.1 Å². The van der Waals surface area contributed by atoms with E-state index in [-0.39, 0.29) is 27.9 Å². The molecule has 0 aliphatic heterocycles. The highest BCUT2D eigenvalue weighted by Crippen LogP contribution is 2.20. The molecule has 1 heterocycles. The van der Waals surface area contributed by atoms with Crippen molar-refractivity contribution in [3.63, 3.8) is 0 Å². The second kappa shape index (κ2) is 8.37. The van der Waals surface area contributed by atoms with Crippen LogP contribution >= 0.6 is 11.3 Å². The first kappa shape index (κ1) is 19.3. The van der Waals surface area contributed by atoms with E-state index in [1.165, 1.54) is 0 Å². The fourth-order valence-corrected chi connectivity index (χ4v) is 3.85. The first-order valence-corrected chi connectivity index (χ1v) is 9.92. The predicted molar refractivity (Wildman–Crippen MR) is 95.1 cm³/mol. The number of amides is 1. The van der Waals surface area contributed by atoms with Gasteiger partial charge in [-0.2, -0.15) is 0 Å². The summed E-state index contributed by atoms with van der Waals surface area (Å²) in [4.78, 5) is 11.6. The summed E-state index contributed by atoms with van der Waals surface area (Å²) in [5.74, 6) is 0.165. The number of ether oxygens (including phenoxy) is 1. The standard InChI is InChI=1S/C15H20N4O4S2/c1-10(2)13(20)16-14-17-18-15(24-14)25(21,22)19-11(3)9-23-12-7-5-4-6-8-12/h4-8,10-11,19H,9H2,1-3H3,(H,16,17,20)/t11-/m1/s1. The van der Waals surface area contributed by atoms with E-state index in [2.05, 4.69) is 20.2 Å². The summed E-state index contributed by atoms with van der Waals surface area (Å²) in [6.45, 7) is 5.30. The Morgan fingerprint density at radius 2 is 1.88 bits per heavy atom. The third-order valence-electron chi connectivity index (χ3n) is 2.99. The van der Waals surface area contributed by atoms with Crippen LogP contribution in [0, 0.1) is 5.92 Å². The number of benzene rings is 1. The molecule has 0 radical (unpaired) electrons. The zero-order chi connectivity index (χ0) is 18.4. The minimum Gasteiger partial charge on any atom is -0.492 e. The van der Waals surface area contributed by atoms with Crippen LogP contribution < -0.4 is 14.8 Å². The van der Waals surface area contributed by atoms with Gasteiger partial charge in [0.05, 0.1) is 6.04 Å². The summed E-state index contributed by atoms with van der Waals surface area (Å²) in [6.07, 6.45) is 0. The van der Waals surface area contributed by atoms with Crippen LogP contribution in [0.15, 0.2) is 34.7 Å². The van der Waals surface area contributed by atoms with Gasteiger partial charge < -0.3 is 10.1 Å². The molecule has 0 aliphatic carbocycles. The molecule has 0 bridgehead atoms. The molecule has 8 nitrogen and oxygen atoms in total. The summed E-state index contributed by atoms with van der Waals surface area (Å²) in [6, 6.07) is 8.63. The van der Waals surface area contributed by atoms with Crippen molar-refractivity contribution in [2.75, 3.05) is 11.9 Å². The Kier molecular flexibility index (Phi) is 6.45. The molecular formula is C15H20N4O4S2. The Labute approximate surface area is 150 Å². The summed E-state index contributed by atoms with van der Waals surface area (Å²) in [7, 11) is -3.84. The molecule has 10 heteroatoms. The molecule has 1 aromatic heterocycles. The van der Waals surface area contributed by atoms with Gasteiger partial charge in [-0.3, -0.25) is 4.79 Å². The molecule has 25 heavy (non-hydrogen) atoms. The maximum absolute atomic E-state index is 12.3. The van der Waals surface area contributed by atoms with Gasteiger partial charge in [-0.25, -0.2) is 13.1 Å². The fourth-order valence-electron chi connectivity index (χ4n) is 1.71. The highest BCUT2D eigenvalue weighted by molar-refractivity contribution is 7.91. The molecule has 0 spiro atoms. The van der Waals surface area contributed by atoms with Gasteiger partial charge in [0.1, 0.15) is 12.4 Å². The lowest BCUT2D eigenvalue weighted by Gasteiger charge is -2.13. The van der Waals surface area contributed by atoms with Gasteiger partial charge in [0.15, 0.2) is 0 Å². The first-order valence-electron chi connectivity index (χ1n) is 7.62. The number of hydrogen-bond donors (Lipinski definition) is 2. The van der Waals surface area contributed by atoms with Gasteiger partial charge in [-0.15, -0.1) is 10.2 Å². The highest BCUT2D eigenvalue weighted by atomic mass is 32.2. The first-order chi connectivity index (χ1) is 11.8. The Bertz CT molecular complexity index is 806. The van der Waals surface area contributed by atoms with Crippen LogP contribution in [0.3, 0.4) is 0 Å². The number of carbonyl (C=O) groups excluding carboxylic acids is 1. The zero-order valence-corrected chi connectivity index (χ0v) is 15.7. The molecule has 0 aliphatic rings. The molecule has 0 saturated carbocycles. The lowest BCUT2D eigenvalue weighted by molar-refractivity contribution is -0.118. The largest absolute Gasteiger partial charge is 0.492 e. The van der Waals surface area contributed by atoms with Crippen LogP contribution in [0.25, 0.3) is 0 Å². The van der Waals surface area contributed by atoms with Crippen molar-refractivity contribution in [3.8, 4) is 5.75 Å². The Hall–Kier alpha value is -2.04. The van der Waals surface area contributed by atoms with E-state index in [4.69, 9.17) is 4.74 Å². The molecular weight excluding hydrogens is 364 g/mol. The van der Waals surface area contributed by atoms with Gasteiger partial charge in [-0.05, 0) is 19.1 Å². The molecule has 2 aromatic rings. The predicted octanol–water partition coefficient (Wildman–Crippen LogP) is 1.88.